The van der Waals surface area contributed by atoms with Gasteiger partial charge >= 0.3 is 5.69 Å². The Morgan fingerprint density at radius 2 is 1.52 bits per heavy atom. The Balaban J connectivity index is 1.90. The van der Waals surface area contributed by atoms with Gasteiger partial charge in [-0.15, -0.1) is 0 Å². The zero-order valence-electron chi connectivity index (χ0n) is 17.1. The summed E-state index contributed by atoms with van der Waals surface area (Å²) in [5.41, 5.74) is 0.246. The summed E-state index contributed by atoms with van der Waals surface area (Å²) in [6.07, 6.45) is 12.8. The van der Waals surface area contributed by atoms with E-state index >= 15 is 0 Å². The van der Waals surface area contributed by atoms with Crippen LogP contribution in [0.4, 0.5) is 0 Å². The van der Waals surface area contributed by atoms with E-state index in [0.29, 0.717) is 11.2 Å². The number of imidazole rings is 1. The van der Waals surface area contributed by atoms with Crippen LogP contribution in [0.1, 0.15) is 78.1 Å². The molecule has 6 nitrogen and oxygen atoms in total. The SMILES string of the molecule is CCCCCCCCCCCCn1c(SCC)nc2c1c(=O)[nH]c(=O)n2C. The van der Waals surface area contributed by atoms with Crippen LogP contribution in [-0.4, -0.2) is 24.9 Å². The van der Waals surface area contributed by atoms with Crippen molar-refractivity contribution >= 4 is 22.9 Å². The standard InChI is InChI=1S/C20H34N4O2S/c1-4-6-7-8-9-10-11-12-13-14-15-24-16-17(21-20(24)27-5-2)23(3)19(26)22-18(16)25/h4-15H2,1-3H3,(H,22,25,26). The monoisotopic (exact) mass is 394 g/mol. The highest BCUT2D eigenvalue weighted by atomic mass is 32.2. The Kier molecular flexibility index (Phi) is 9.18. The van der Waals surface area contributed by atoms with Crippen LogP contribution in [0.3, 0.4) is 0 Å². The molecule has 2 aromatic heterocycles. The third-order valence-electron chi connectivity index (χ3n) is 4.98. The molecule has 1 N–H and O–H groups in total. The second-order valence-electron chi connectivity index (χ2n) is 7.15. The number of nitrogens with zero attached hydrogens (tertiary/aromatic N) is 3. The second-order valence-corrected chi connectivity index (χ2v) is 8.38. The molecule has 0 aliphatic rings. The lowest BCUT2D eigenvalue weighted by atomic mass is 10.1. The Bertz CT molecular complexity index is 822. The van der Waals surface area contributed by atoms with Gasteiger partial charge in [0.2, 0.25) is 0 Å². The van der Waals surface area contributed by atoms with Crippen LogP contribution in [0.5, 0.6) is 0 Å². The predicted octanol–water partition coefficient (Wildman–Crippen LogP) is 4.46. The minimum Gasteiger partial charge on any atom is -0.313 e. The quantitative estimate of drug-likeness (QED) is 0.402. The lowest BCUT2D eigenvalue weighted by molar-refractivity contribution is 0.527. The predicted molar refractivity (Wildman–Crippen MR) is 114 cm³/mol. The molecule has 27 heavy (non-hydrogen) atoms. The highest BCUT2D eigenvalue weighted by Crippen LogP contribution is 2.22. The van der Waals surface area contributed by atoms with Crippen molar-refractivity contribution < 1.29 is 0 Å². The van der Waals surface area contributed by atoms with Gasteiger partial charge in [-0.2, -0.15) is 0 Å². The van der Waals surface area contributed by atoms with E-state index in [1.165, 1.54) is 55.9 Å². The van der Waals surface area contributed by atoms with E-state index in [1.54, 1.807) is 18.8 Å². The molecule has 0 aliphatic heterocycles. The second kappa shape index (κ2) is 11.4. The number of unbranched alkanes of at least 4 members (excludes halogenated alkanes) is 9. The fourth-order valence-electron chi connectivity index (χ4n) is 3.42. The molecule has 0 aliphatic carbocycles. The smallest absolute Gasteiger partial charge is 0.313 e. The summed E-state index contributed by atoms with van der Waals surface area (Å²) < 4.78 is 3.41. The fourth-order valence-corrected chi connectivity index (χ4v) is 4.17. The molecule has 7 heteroatoms. The largest absolute Gasteiger partial charge is 0.329 e. The summed E-state index contributed by atoms with van der Waals surface area (Å²) in [4.78, 5) is 31.1. The Morgan fingerprint density at radius 3 is 2.11 bits per heavy atom. The van der Waals surface area contributed by atoms with Gasteiger partial charge in [-0.05, 0) is 12.2 Å². The van der Waals surface area contributed by atoms with E-state index in [4.69, 9.17) is 0 Å². The first-order valence-electron chi connectivity index (χ1n) is 10.4. The zero-order valence-corrected chi connectivity index (χ0v) is 17.9. The maximum absolute atomic E-state index is 12.3. The van der Waals surface area contributed by atoms with Crippen LogP contribution in [0, 0.1) is 0 Å². The third-order valence-corrected chi connectivity index (χ3v) is 5.84. The van der Waals surface area contributed by atoms with E-state index in [2.05, 4.69) is 23.8 Å². The van der Waals surface area contributed by atoms with Crippen molar-refractivity contribution in [1.82, 2.24) is 19.1 Å². The van der Waals surface area contributed by atoms with E-state index in [9.17, 15) is 9.59 Å². The Hall–Kier alpha value is -1.50. The first-order valence-corrected chi connectivity index (χ1v) is 11.4. The topological polar surface area (TPSA) is 72.7 Å². The molecule has 2 aromatic rings. The molecule has 0 spiro atoms. The average Bonchev–Trinajstić information content (AvgIpc) is 3.01. The molecule has 0 fully saturated rings. The molecule has 0 saturated heterocycles. The number of H-pyrrole nitrogens is 1. The molecular formula is C20H34N4O2S. The maximum atomic E-state index is 12.3. The summed E-state index contributed by atoms with van der Waals surface area (Å²) >= 11 is 1.62. The van der Waals surface area contributed by atoms with Crippen molar-refractivity contribution in [2.45, 2.75) is 89.8 Å². The van der Waals surface area contributed by atoms with Crippen LogP contribution in [0.15, 0.2) is 14.7 Å². The highest BCUT2D eigenvalue weighted by Gasteiger charge is 2.16. The molecule has 152 valence electrons. The van der Waals surface area contributed by atoms with E-state index in [-0.39, 0.29) is 5.56 Å². The third kappa shape index (κ3) is 5.99. The van der Waals surface area contributed by atoms with Gasteiger partial charge in [0.25, 0.3) is 5.56 Å². The normalized spacial score (nSPS) is 11.5. The number of aromatic amines is 1. The number of nitrogens with one attached hydrogen (secondary N) is 1. The fraction of sp³-hybridized carbons (Fsp3) is 0.750. The molecule has 0 atom stereocenters. The minimum absolute atomic E-state index is 0.337. The van der Waals surface area contributed by atoms with Gasteiger partial charge in [-0.25, -0.2) is 9.78 Å². The van der Waals surface area contributed by atoms with Crippen molar-refractivity contribution in [2.75, 3.05) is 5.75 Å². The number of aromatic nitrogens is 4. The summed E-state index contributed by atoms with van der Waals surface area (Å²) in [6.45, 7) is 5.09. The molecule has 0 aromatic carbocycles. The molecule has 0 unspecified atom stereocenters. The molecule has 2 rings (SSSR count). The first-order chi connectivity index (χ1) is 13.1. The van der Waals surface area contributed by atoms with Gasteiger partial charge in [-0.1, -0.05) is 83.4 Å². The molecule has 0 saturated carbocycles. The maximum Gasteiger partial charge on any atom is 0.329 e. The van der Waals surface area contributed by atoms with Crippen LogP contribution >= 0.6 is 11.8 Å². The van der Waals surface area contributed by atoms with Gasteiger partial charge in [0.15, 0.2) is 16.3 Å². The van der Waals surface area contributed by atoms with Crippen molar-refractivity contribution in [2.24, 2.45) is 7.05 Å². The van der Waals surface area contributed by atoms with Crippen LogP contribution in [0.25, 0.3) is 11.2 Å². The van der Waals surface area contributed by atoms with Gasteiger partial charge in [-0.3, -0.25) is 14.3 Å². The molecule has 0 bridgehead atoms. The number of hydrogen-bond donors (Lipinski definition) is 1. The lowest BCUT2D eigenvalue weighted by Gasteiger charge is -2.08. The van der Waals surface area contributed by atoms with Crippen molar-refractivity contribution in [3.05, 3.63) is 20.8 Å². The van der Waals surface area contributed by atoms with Crippen molar-refractivity contribution in [1.29, 1.82) is 0 Å². The Labute approximate surface area is 165 Å². The number of fused-ring (bicyclic) bond motifs is 1. The summed E-state index contributed by atoms with van der Waals surface area (Å²) in [6, 6.07) is 0. The van der Waals surface area contributed by atoms with Gasteiger partial charge in [0.05, 0.1) is 0 Å². The van der Waals surface area contributed by atoms with Gasteiger partial charge in [0.1, 0.15) is 0 Å². The minimum atomic E-state index is -0.413. The van der Waals surface area contributed by atoms with Crippen LogP contribution < -0.4 is 11.2 Å². The molecule has 2 heterocycles. The first kappa shape index (κ1) is 21.8. The van der Waals surface area contributed by atoms with Crippen LogP contribution in [-0.2, 0) is 13.6 Å². The van der Waals surface area contributed by atoms with Gasteiger partial charge in [0, 0.05) is 13.6 Å². The van der Waals surface area contributed by atoms with E-state index in [1.807, 2.05) is 4.57 Å². The Morgan fingerprint density at radius 1 is 0.926 bits per heavy atom. The zero-order chi connectivity index (χ0) is 19.6. The lowest BCUT2D eigenvalue weighted by Crippen LogP contribution is -2.29. The van der Waals surface area contributed by atoms with Gasteiger partial charge < -0.3 is 4.57 Å². The summed E-state index contributed by atoms with van der Waals surface area (Å²) in [7, 11) is 1.65. The van der Waals surface area contributed by atoms with Crippen LogP contribution in [0.2, 0.25) is 0 Å². The number of thioether (sulfide) groups is 1. The molecule has 0 amide bonds. The van der Waals surface area contributed by atoms with E-state index in [0.717, 1.165) is 30.3 Å². The van der Waals surface area contributed by atoms with E-state index < -0.39 is 5.69 Å². The number of aryl methyl sites for hydroxylation is 2. The average molecular weight is 395 g/mol. The van der Waals surface area contributed by atoms with Crippen molar-refractivity contribution in [3.63, 3.8) is 0 Å². The summed E-state index contributed by atoms with van der Waals surface area (Å²) in [5.74, 6) is 0.882. The van der Waals surface area contributed by atoms with Crippen molar-refractivity contribution in [3.8, 4) is 0 Å². The molecule has 0 radical (unpaired) electrons. The highest BCUT2D eigenvalue weighted by molar-refractivity contribution is 7.99. The number of hydrogen-bond acceptors (Lipinski definition) is 4. The number of rotatable bonds is 13. The molecular weight excluding hydrogens is 360 g/mol. The summed E-state index contributed by atoms with van der Waals surface area (Å²) in [5, 5.41) is 0.829.